The largest absolute Gasteiger partial charge is 0.345 e. The van der Waals surface area contributed by atoms with Gasteiger partial charge in [-0.05, 0) is 61.5 Å². The molecule has 3 rings (SSSR count). The van der Waals surface area contributed by atoms with Gasteiger partial charge in [0.25, 0.3) is 0 Å². The quantitative estimate of drug-likeness (QED) is 0.809. The minimum absolute atomic E-state index is 0.225. The van der Waals surface area contributed by atoms with Gasteiger partial charge < -0.3 is 10.3 Å². The summed E-state index contributed by atoms with van der Waals surface area (Å²) in [7, 11) is 0. The van der Waals surface area contributed by atoms with Crippen LogP contribution in [0.25, 0.3) is 0 Å². The molecule has 1 aromatic rings. The predicted molar refractivity (Wildman–Crippen MR) is 84.8 cm³/mol. The number of nitrogens with zero attached hydrogens (tertiary/aromatic N) is 1. The van der Waals surface area contributed by atoms with E-state index in [9.17, 15) is 0 Å². The van der Waals surface area contributed by atoms with Gasteiger partial charge in [-0.3, -0.25) is 0 Å². The zero-order valence-corrected chi connectivity index (χ0v) is 13.7. The second-order valence-electron chi connectivity index (χ2n) is 8.19. The molecule has 0 aromatic carbocycles. The summed E-state index contributed by atoms with van der Waals surface area (Å²) in [5.41, 5.74) is 11.2. The Bertz CT molecular complexity index is 512. The lowest BCUT2D eigenvalue weighted by Gasteiger charge is -2.36. The molecule has 4 unspecified atom stereocenters. The summed E-state index contributed by atoms with van der Waals surface area (Å²) in [5.74, 6) is 1.63. The summed E-state index contributed by atoms with van der Waals surface area (Å²) >= 11 is 0. The van der Waals surface area contributed by atoms with Crippen molar-refractivity contribution in [3.8, 4) is 0 Å². The standard InChI is InChI=1S/C18H30N2/c1-11-6-7-16(13(11)3)20-12(2)8-14-15(19)9-18(4,5)10-17(14)20/h8,11,13,15-16H,6-7,9-10,19H2,1-5H3. The Morgan fingerprint density at radius 2 is 1.95 bits per heavy atom. The Morgan fingerprint density at radius 3 is 2.55 bits per heavy atom. The highest BCUT2D eigenvalue weighted by Crippen LogP contribution is 2.46. The molecule has 112 valence electrons. The molecule has 1 aromatic heterocycles. The molecule has 1 heterocycles. The van der Waals surface area contributed by atoms with Gasteiger partial charge in [0, 0.05) is 23.5 Å². The second-order valence-corrected chi connectivity index (χ2v) is 8.19. The number of nitrogens with two attached hydrogens (primary N) is 1. The molecule has 4 atom stereocenters. The summed E-state index contributed by atoms with van der Waals surface area (Å²) in [5, 5.41) is 0. The van der Waals surface area contributed by atoms with Crippen LogP contribution in [0.1, 0.15) is 76.0 Å². The maximum Gasteiger partial charge on any atom is 0.0364 e. The normalized spacial score (nSPS) is 36.1. The first kappa shape index (κ1) is 14.2. The molecular weight excluding hydrogens is 244 g/mol. The van der Waals surface area contributed by atoms with Gasteiger partial charge in [-0.2, -0.15) is 0 Å². The van der Waals surface area contributed by atoms with Crippen LogP contribution < -0.4 is 5.73 Å². The Hall–Kier alpha value is -0.760. The van der Waals surface area contributed by atoms with Crippen LogP contribution in [0, 0.1) is 24.2 Å². The number of rotatable bonds is 1. The minimum atomic E-state index is 0.225. The van der Waals surface area contributed by atoms with Crippen LogP contribution in [0.5, 0.6) is 0 Å². The monoisotopic (exact) mass is 274 g/mol. The first-order valence-corrected chi connectivity index (χ1v) is 8.26. The number of hydrogen-bond donors (Lipinski definition) is 1. The molecular formula is C18H30N2. The smallest absolute Gasteiger partial charge is 0.0364 e. The van der Waals surface area contributed by atoms with E-state index in [-0.39, 0.29) is 6.04 Å². The lowest BCUT2D eigenvalue weighted by atomic mass is 9.74. The van der Waals surface area contributed by atoms with Crippen molar-refractivity contribution in [3.63, 3.8) is 0 Å². The highest BCUT2D eigenvalue weighted by atomic mass is 15.1. The molecule has 0 saturated heterocycles. The van der Waals surface area contributed by atoms with Crippen molar-refractivity contribution in [3.05, 3.63) is 23.0 Å². The van der Waals surface area contributed by atoms with Gasteiger partial charge in [0.2, 0.25) is 0 Å². The lowest BCUT2D eigenvalue weighted by Crippen LogP contribution is -2.31. The van der Waals surface area contributed by atoms with E-state index in [0.717, 1.165) is 18.3 Å². The number of aromatic nitrogens is 1. The molecule has 2 aliphatic rings. The Kier molecular flexibility index (Phi) is 3.28. The molecule has 2 heteroatoms. The first-order chi connectivity index (χ1) is 9.30. The zero-order chi connectivity index (χ0) is 14.7. The first-order valence-electron chi connectivity index (χ1n) is 8.26. The van der Waals surface area contributed by atoms with Crippen LogP contribution in [0.4, 0.5) is 0 Å². The van der Waals surface area contributed by atoms with Crippen LogP contribution >= 0.6 is 0 Å². The maximum atomic E-state index is 6.45. The molecule has 2 nitrogen and oxygen atoms in total. The fraction of sp³-hybridized carbons (Fsp3) is 0.778. The maximum absolute atomic E-state index is 6.45. The molecule has 0 spiro atoms. The molecule has 1 fully saturated rings. The van der Waals surface area contributed by atoms with E-state index in [1.54, 1.807) is 0 Å². The third-order valence-electron chi connectivity index (χ3n) is 5.94. The zero-order valence-electron chi connectivity index (χ0n) is 13.7. The van der Waals surface area contributed by atoms with Gasteiger partial charge in [0.1, 0.15) is 0 Å². The van der Waals surface area contributed by atoms with Crippen LogP contribution in [0.3, 0.4) is 0 Å². The highest BCUT2D eigenvalue weighted by Gasteiger charge is 2.38. The highest BCUT2D eigenvalue weighted by molar-refractivity contribution is 5.35. The van der Waals surface area contributed by atoms with Crippen molar-refractivity contribution < 1.29 is 0 Å². The molecule has 1 saturated carbocycles. The topological polar surface area (TPSA) is 30.9 Å². The predicted octanol–water partition coefficient (Wildman–Crippen LogP) is 4.38. The molecule has 2 aliphatic carbocycles. The van der Waals surface area contributed by atoms with Gasteiger partial charge in [0.05, 0.1) is 0 Å². The summed E-state index contributed by atoms with van der Waals surface area (Å²) in [6, 6.07) is 3.28. The van der Waals surface area contributed by atoms with E-state index in [4.69, 9.17) is 5.73 Å². The Balaban J connectivity index is 2.05. The number of aryl methyl sites for hydroxylation is 1. The third kappa shape index (κ3) is 2.13. The van der Waals surface area contributed by atoms with Crippen molar-refractivity contribution in [2.24, 2.45) is 23.0 Å². The summed E-state index contributed by atoms with van der Waals surface area (Å²) in [6.07, 6.45) is 5.00. The molecule has 20 heavy (non-hydrogen) atoms. The van der Waals surface area contributed by atoms with E-state index in [0.29, 0.717) is 11.5 Å². The molecule has 0 bridgehead atoms. The SMILES string of the molecule is Cc1cc2c(n1C1CCC(C)C1C)CC(C)(C)CC2N. The second kappa shape index (κ2) is 4.62. The van der Waals surface area contributed by atoms with Crippen molar-refractivity contribution in [2.75, 3.05) is 0 Å². The lowest BCUT2D eigenvalue weighted by molar-refractivity contribution is 0.263. The summed E-state index contributed by atoms with van der Waals surface area (Å²) in [6.45, 7) is 11.8. The van der Waals surface area contributed by atoms with Crippen molar-refractivity contribution in [1.82, 2.24) is 4.57 Å². The fourth-order valence-corrected chi connectivity index (χ4v) is 4.63. The van der Waals surface area contributed by atoms with Crippen molar-refractivity contribution in [2.45, 2.75) is 72.4 Å². The molecule has 0 amide bonds. The Labute approximate surface area is 123 Å². The Morgan fingerprint density at radius 1 is 1.25 bits per heavy atom. The molecule has 2 N–H and O–H groups in total. The summed E-state index contributed by atoms with van der Waals surface area (Å²) in [4.78, 5) is 0. The molecule has 0 radical (unpaired) electrons. The van der Waals surface area contributed by atoms with Crippen LogP contribution in [0.2, 0.25) is 0 Å². The summed E-state index contributed by atoms with van der Waals surface area (Å²) < 4.78 is 2.66. The van der Waals surface area contributed by atoms with Crippen molar-refractivity contribution >= 4 is 0 Å². The van der Waals surface area contributed by atoms with Gasteiger partial charge in [0.15, 0.2) is 0 Å². The van der Waals surface area contributed by atoms with Crippen LogP contribution in [-0.4, -0.2) is 4.57 Å². The number of hydrogen-bond acceptors (Lipinski definition) is 1. The van der Waals surface area contributed by atoms with E-state index in [1.807, 2.05) is 0 Å². The van der Waals surface area contributed by atoms with Gasteiger partial charge in [-0.25, -0.2) is 0 Å². The van der Waals surface area contributed by atoms with E-state index < -0.39 is 0 Å². The third-order valence-corrected chi connectivity index (χ3v) is 5.94. The van der Waals surface area contributed by atoms with Gasteiger partial charge >= 0.3 is 0 Å². The van der Waals surface area contributed by atoms with Gasteiger partial charge in [-0.1, -0.05) is 27.7 Å². The molecule has 0 aliphatic heterocycles. The van der Waals surface area contributed by atoms with E-state index in [1.165, 1.54) is 36.2 Å². The van der Waals surface area contributed by atoms with Gasteiger partial charge in [-0.15, -0.1) is 0 Å². The average molecular weight is 274 g/mol. The number of fused-ring (bicyclic) bond motifs is 1. The van der Waals surface area contributed by atoms with E-state index >= 15 is 0 Å². The van der Waals surface area contributed by atoms with Crippen LogP contribution in [-0.2, 0) is 6.42 Å². The van der Waals surface area contributed by atoms with Crippen LogP contribution in [0.15, 0.2) is 6.07 Å². The average Bonchev–Trinajstić information content (AvgIpc) is 2.80. The van der Waals surface area contributed by atoms with E-state index in [2.05, 4.69) is 45.3 Å². The fourth-order valence-electron chi connectivity index (χ4n) is 4.63. The minimum Gasteiger partial charge on any atom is -0.345 e. The van der Waals surface area contributed by atoms with Crippen molar-refractivity contribution in [1.29, 1.82) is 0 Å².